The maximum Gasteiger partial charge on any atom is 0.416 e. The molecule has 0 unspecified atom stereocenters. The zero-order valence-corrected chi connectivity index (χ0v) is 21.0. The number of ether oxygens (including phenoxy) is 1. The number of hydrogen-bond donors (Lipinski definition) is 1. The summed E-state index contributed by atoms with van der Waals surface area (Å²) in [4.78, 5) is 24.0. The molecule has 0 aliphatic carbocycles. The monoisotopic (exact) mass is 556 g/mol. The zero-order chi connectivity index (χ0) is 27.7. The van der Waals surface area contributed by atoms with E-state index in [1.807, 2.05) is 0 Å². The molecule has 1 N–H and O–H groups in total. The van der Waals surface area contributed by atoms with Crippen LogP contribution in [0.25, 0.3) is 11.3 Å². The van der Waals surface area contributed by atoms with E-state index >= 15 is 0 Å². The van der Waals surface area contributed by atoms with Gasteiger partial charge in [-0.3, -0.25) is 4.79 Å². The number of alkyl halides is 6. The average Bonchev–Trinajstić information content (AvgIpc) is 2.87. The first-order chi connectivity index (χ1) is 17.9. The SMILES string of the molecule is COc1ccccc1-c1nc(SC)nc2c1C(=O)N(Cc1cc(C(F)(F)F)cc(C(F)(F)F)c1)CCCN2. The summed E-state index contributed by atoms with van der Waals surface area (Å²) in [5.41, 5.74) is -2.40. The van der Waals surface area contributed by atoms with Gasteiger partial charge in [0.05, 0.1) is 23.9 Å². The number of anilines is 1. The van der Waals surface area contributed by atoms with Gasteiger partial charge in [-0.1, -0.05) is 23.9 Å². The Hall–Kier alpha value is -3.48. The minimum Gasteiger partial charge on any atom is -0.496 e. The first-order valence-corrected chi connectivity index (χ1v) is 12.6. The Labute approximate surface area is 218 Å². The lowest BCUT2D eigenvalue weighted by Gasteiger charge is -2.28. The highest BCUT2D eigenvalue weighted by atomic mass is 32.2. The van der Waals surface area contributed by atoms with Gasteiger partial charge in [0.1, 0.15) is 17.1 Å². The van der Waals surface area contributed by atoms with Crippen molar-refractivity contribution in [2.45, 2.75) is 30.5 Å². The van der Waals surface area contributed by atoms with Gasteiger partial charge >= 0.3 is 12.4 Å². The smallest absolute Gasteiger partial charge is 0.416 e. The van der Waals surface area contributed by atoms with Crippen LogP contribution in [0.1, 0.15) is 33.5 Å². The maximum absolute atomic E-state index is 13.9. The standard InChI is InChI=1S/C25H22F6N4O2S/c1-37-18-7-4-3-6-17(18)20-19-21(34-23(33-20)38-2)32-8-5-9-35(22(19)36)13-14-10-15(24(26,27)28)12-16(11-14)25(29,30)31/h3-4,6-7,10-12H,5,8-9,13H2,1-2H3,(H,32,33,34). The van der Waals surface area contributed by atoms with Crippen LogP contribution < -0.4 is 10.1 Å². The number of hydrogen-bond acceptors (Lipinski definition) is 6. The highest BCUT2D eigenvalue weighted by Gasteiger charge is 2.37. The topological polar surface area (TPSA) is 67.4 Å². The van der Waals surface area contributed by atoms with Crippen LogP contribution in [-0.4, -0.2) is 47.2 Å². The van der Waals surface area contributed by atoms with E-state index < -0.39 is 35.9 Å². The van der Waals surface area contributed by atoms with E-state index in [0.29, 0.717) is 41.6 Å². The van der Waals surface area contributed by atoms with E-state index in [2.05, 4.69) is 15.3 Å². The number of carbonyl (C=O) groups is 1. The number of methoxy groups -OCH3 is 1. The Kier molecular flexibility index (Phi) is 7.77. The molecule has 0 fully saturated rings. The molecule has 1 amide bonds. The molecule has 0 spiro atoms. The van der Waals surface area contributed by atoms with Crippen LogP contribution in [0.5, 0.6) is 5.75 Å². The quantitative estimate of drug-likeness (QED) is 0.224. The van der Waals surface area contributed by atoms with Crippen LogP contribution in [0.2, 0.25) is 0 Å². The largest absolute Gasteiger partial charge is 0.496 e. The Bertz CT molecular complexity index is 1310. The summed E-state index contributed by atoms with van der Waals surface area (Å²) in [5, 5.41) is 3.48. The molecule has 202 valence electrons. The van der Waals surface area contributed by atoms with Gasteiger partial charge in [-0.25, -0.2) is 9.97 Å². The summed E-state index contributed by atoms with van der Waals surface area (Å²) in [6.45, 7) is -0.0250. The zero-order valence-electron chi connectivity index (χ0n) is 20.2. The molecular weight excluding hydrogens is 534 g/mol. The highest BCUT2D eigenvalue weighted by Crippen LogP contribution is 2.38. The van der Waals surface area contributed by atoms with E-state index in [1.165, 1.54) is 23.8 Å². The minimum atomic E-state index is -4.99. The number of fused-ring (bicyclic) bond motifs is 1. The lowest BCUT2D eigenvalue weighted by Crippen LogP contribution is -2.36. The van der Waals surface area contributed by atoms with Crippen molar-refractivity contribution >= 4 is 23.5 Å². The van der Waals surface area contributed by atoms with Gasteiger partial charge in [-0.05, 0) is 48.6 Å². The van der Waals surface area contributed by atoms with Gasteiger partial charge in [-0.2, -0.15) is 26.3 Å². The summed E-state index contributed by atoms with van der Waals surface area (Å²) in [6.07, 6.45) is -7.84. The predicted molar refractivity (Wildman–Crippen MR) is 130 cm³/mol. The normalized spacial score (nSPS) is 14.4. The number of carbonyl (C=O) groups excluding carboxylic acids is 1. The first-order valence-electron chi connectivity index (χ1n) is 11.3. The number of thioether (sulfide) groups is 1. The number of nitrogens with zero attached hydrogens (tertiary/aromatic N) is 3. The van der Waals surface area contributed by atoms with Crippen molar-refractivity contribution in [1.82, 2.24) is 14.9 Å². The molecule has 1 aliphatic rings. The van der Waals surface area contributed by atoms with Gasteiger partial charge in [0.25, 0.3) is 5.91 Å². The van der Waals surface area contributed by atoms with Crippen molar-refractivity contribution in [1.29, 1.82) is 0 Å². The van der Waals surface area contributed by atoms with Crippen molar-refractivity contribution in [2.75, 3.05) is 31.8 Å². The predicted octanol–water partition coefficient (Wildman–Crippen LogP) is 6.37. The molecule has 1 aliphatic heterocycles. The number of para-hydroxylation sites is 1. The second-order valence-corrected chi connectivity index (χ2v) is 9.18. The van der Waals surface area contributed by atoms with Gasteiger partial charge < -0.3 is 15.0 Å². The van der Waals surface area contributed by atoms with Gasteiger partial charge in [0, 0.05) is 25.2 Å². The molecule has 13 heteroatoms. The molecule has 0 radical (unpaired) electrons. The third-order valence-electron chi connectivity index (χ3n) is 5.85. The summed E-state index contributed by atoms with van der Waals surface area (Å²) < 4.78 is 85.9. The molecule has 38 heavy (non-hydrogen) atoms. The number of aromatic nitrogens is 2. The van der Waals surface area contributed by atoms with Crippen LogP contribution in [0.3, 0.4) is 0 Å². The van der Waals surface area contributed by atoms with E-state index in [4.69, 9.17) is 4.74 Å². The highest BCUT2D eigenvalue weighted by molar-refractivity contribution is 7.98. The van der Waals surface area contributed by atoms with Crippen molar-refractivity contribution in [3.63, 3.8) is 0 Å². The fourth-order valence-electron chi connectivity index (χ4n) is 4.12. The van der Waals surface area contributed by atoms with Gasteiger partial charge in [0.2, 0.25) is 0 Å². The molecule has 0 saturated carbocycles. The molecule has 3 aromatic rings. The van der Waals surface area contributed by atoms with Crippen molar-refractivity contribution in [3.8, 4) is 17.0 Å². The molecule has 0 bridgehead atoms. The number of benzene rings is 2. The molecule has 1 aromatic heterocycles. The lowest BCUT2D eigenvalue weighted by molar-refractivity contribution is -0.143. The number of halogens is 6. The van der Waals surface area contributed by atoms with Crippen LogP contribution in [0, 0.1) is 0 Å². The minimum absolute atomic E-state index is 0.0509. The Morgan fingerprint density at radius 2 is 1.68 bits per heavy atom. The van der Waals surface area contributed by atoms with E-state index in [9.17, 15) is 31.1 Å². The maximum atomic E-state index is 13.9. The fraction of sp³-hybridized carbons (Fsp3) is 0.320. The second-order valence-electron chi connectivity index (χ2n) is 8.40. The first kappa shape index (κ1) is 27.6. The number of nitrogens with one attached hydrogen (secondary N) is 1. The molecule has 4 rings (SSSR count). The van der Waals surface area contributed by atoms with Crippen LogP contribution >= 0.6 is 11.8 Å². The van der Waals surface area contributed by atoms with Crippen molar-refractivity contribution in [3.05, 3.63) is 64.7 Å². The van der Waals surface area contributed by atoms with E-state index in [1.54, 1.807) is 30.5 Å². The molecular formula is C25H22F6N4O2S. The van der Waals surface area contributed by atoms with Crippen LogP contribution in [-0.2, 0) is 18.9 Å². The summed E-state index contributed by atoms with van der Waals surface area (Å²) in [5.74, 6) is 0.0151. The summed E-state index contributed by atoms with van der Waals surface area (Å²) in [7, 11) is 1.46. The summed E-state index contributed by atoms with van der Waals surface area (Å²) >= 11 is 1.25. The molecule has 0 saturated heterocycles. The molecule has 2 aromatic carbocycles. The van der Waals surface area contributed by atoms with Gasteiger partial charge in [-0.15, -0.1) is 0 Å². The Balaban J connectivity index is 1.83. The second kappa shape index (κ2) is 10.7. The van der Waals surface area contributed by atoms with Crippen molar-refractivity contribution < 1.29 is 35.9 Å². The van der Waals surface area contributed by atoms with Crippen LogP contribution in [0.15, 0.2) is 47.6 Å². The number of amides is 1. The number of rotatable bonds is 5. The fourth-order valence-corrected chi connectivity index (χ4v) is 4.48. The Morgan fingerprint density at radius 3 is 2.29 bits per heavy atom. The average molecular weight is 557 g/mol. The summed E-state index contributed by atoms with van der Waals surface area (Å²) in [6, 6.07) is 8.18. The molecule has 6 nitrogen and oxygen atoms in total. The third-order valence-corrected chi connectivity index (χ3v) is 6.40. The third kappa shape index (κ3) is 5.82. The van der Waals surface area contributed by atoms with Gasteiger partial charge in [0.15, 0.2) is 5.16 Å². The molecule has 0 atom stereocenters. The van der Waals surface area contributed by atoms with Crippen molar-refractivity contribution in [2.24, 2.45) is 0 Å². The lowest BCUT2D eigenvalue weighted by atomic mass is 10.0. The van der Waals surface area contributed by atoms with Crippen LogP contribution in [0.4, 0.5) is 32.2 Å². The Morgan fingerprint density at radius 1 is 1.03 bits per heavy atom. The van der Waals surface area contributed by atoms with E-state index in [-0.39, 0.29) is 35.2 Å². The molecule has 2 heterocycles. The van der Waals surface area contributed by atoms with E-state index in [0.717, 1.165) is 0 Å².